The van der Waals surface area contributed by atoms with Crippen molar-refractivity contribution in [3.63, 3.8) is 0 Å². The molecule has 0 saturated heterocycles. The molecule has 1 N–H and O–H groups in total. The van der Waals surface area contributed by atoms with E-state index < -0.39 is 16.0 Å². The van der Waals surface area contributed by atoms with Gasteiger partial charge in [-0.3, -0.25) is 0 Å². The van der Waals surface area contributed by atoms with Crippen LogP contribution in [0, 0.1) is 6.92 Å². The zero-order chi connectivity index (χ0) is 13.9. The first-order valence-corrected chi connectivity index (χ1v) is 7.35. The maximum atomic E-state index is 12.2. The lowest BCUT2D eigenvalue weighted by Crippen LogP contribution is -2.30. The summed E-state index contributed by atoms with van der Waals surface area (Å²) in [6.45, 7) is 2.09. The highest BCUT2D eigenvalue weighted by atomic mass is 32.2. The molecule has 0 aromatic carbocycles. The zero-order valence-electron chi connectivity index (χ0n) is 10.3. The van der Waals surface area contributed by atoms with E-state index >= 15 is 0 Å². The fourth-order valence-electron chi connectivity index (χ4n) is 1.33. The number of carbonyl (C=O) groups is 1. The third kappa shape index (κ3) is 3.08. The highest BCUT2D eigenvalue weighted by molar-refractivity contribution is 7.89. The Bertz CT molecular complexity index is 534. The number of hydrogen-bond donors (Lipinski definition) is 1. The van der Waals surface area contributed by atoms with Gasteiger partial charge in [-0.1, -0.05) is 0 Å². The molecule has 1 aromatic heterocycles. The van der Waals surface area contributed by atoms with E-state index in [1.54, 1.807) is 6.92 Å². The van der Waals surface area contributed by atoms with Gasteiger partial charge in [-0.25, -0.2) is 13.2 Å². The second kappa shape index (κ2) is 5.79. The maximum absolute atomic E-state index is 12.2. The Morgan fingerprint density at radius 2 is 2.17 bits per heavy atom. The lowest BCUT2D eigenvalue weighted by atomic mass is 10.4. The van der Waals surface area contributed by atoms with E-state index in [9.17, 15) is 13.2 Å². The quantitative estimate of drug-likeness (QED) is 0.846. The SMILES string of the molecule is COCCN(C)S(=O)(=O)c1cc(C(=O)O)sc1C. The average molecular weight is 293 g/mol. The van der Waals surface area contributed by atoms with Crippen molar-refractivity contribution < 1.29 is 23.1 Å². The molecule has 1 heterocycles. The molecule has 8 heteroatoms. The van der Waals surface area contributed by atoms with Crippen LogP contribution in [0.2, 0.25) is 0 Å². The van der Waals surface area contributed by atoms with Gasteiger partial charge in [0.1, 0.15) is 4.88 Å². The van der Waals surface area contributed by atoms with E-state index in [1.807, 2.05) is 0 Å². The molecule has 0 unspecified atom stereocenters. The zero-order valence-corrected chi connectivity index (χ0v) is 12.0. The fourth-order valence-corrected chi connectivity index (χ4v) is 3.88. The smallest absolute Gasteiger partial charge is 0.345 e. The van der Waals surface area contributed by atoms with Crippen LogP contribution in [0.1, 0.15) is 14.5 Å². The normalized spacial score (nSPS) is 12.0. The van der Waals surface area contributed by atoms with E-state index in [1.165, 1.54) is 20.2 Å². The van der Waals surface area contributed by atoms with Crippen molar-refractivity contribution in [3.8, 4) is 0 Å². The van der Waals surface area contributed by atoms with Gasteiger partial charge in [-0.15, -0.1) is 11.3 Å². The third-order valence-corrected chi connectivity index (χ3v) is 5.53. The van der Waals surface area contributed by atoms with Crippen molar-refractivity contribution >= 4 is 27.3 Å². The number of nitrogens with zero attached hydrogens (tertiary/aromatic N) is 1. The molecule has 18 heavy (non-hydrogen) atoms. The van der Waals surface area contributed by atoms with Gasteiger partial charge in [0.05, 0.1) is 11.5 Å². The first-order chi connectivity index (χ1) is 8.30. The Morgan fingerprint density at radius 1 is 1.56 bits per heavy atom. The standard InChI is InChI=1S/C10H15NO5S2/c1-7-9(6-8(17-7)10(12)13)18(14,15)11(2)4-5-16-3/h6H,4-5H2,1-3H3,(H,12,13). The van der Waals surface area contributed by atoms with Crippen LogP contribution in [0.25, 0.3) is 0 Å². The molecule has 0 aliphatic carbocycles. The minimum Gasteiger partial charge on any atom is -0.477 e. The summed E-state index contributed by atoms with van der Waals surface area (Å²) in [6.07, 6.45) is 0. The molecular weight excluding hydrogens is 278 g/mol. The number of likely N-dealkylation sites (N-methyl/N-ethyl adjacent to an activating group) is 1. The Balaban J connectivity index is 3.08. The highest BCUT2D eigenvalue weighted by Gasteiger charge is 2.26. The van der Waals surface area contributed by atoms with E-state index in [4.69, 9.17) is 9.84 Å². The number of rotatable bonds is 6. The van der Waals surface area contributed by atoms with Crippen molar-refractivity contribution in [1.29, 1.82) is 0 Å². The number of aryl methyl sites for hydroxylation is 1. The van der Waals surface area contributed by atoms with Gasteiger partial charge in [-0.2, -0.15) is 4.31 Å². The van der Waals surface area contributed by atoms with Crippen molar-refractivity contribution in [2.75, 3.05) is 27.3 Å². The van der Waals surface area contributed by atoms with Crippen LogP contribution in [-0.2, 0) is 14.8 Å². The van der Waals surface area contributed by atoms with Crippen LogP contribution in [0.5, 0.6) is 0 Å². The predicted molar refractivity (Wildman–Crippen MR) is 67.7 cm³/mol. The van der Waals surface area contributed by atoms with Crippen LogP contribution >= 0.6 is 11.3 Å². The van der Waals surface area contributed by atoms with Gasteiger partial charge in [0.2, 0.25) is 10.0 Å². The molecule has 0 aliphatic rings. The number of aromatic carboxylic acids is 1. The summed E-state index contributed by atoms with van der Waals surface area (Å²) in [6, 6.07) is 1.20. The van der Waals surface area contributed by atoms with Crippen molar-refractivity contribution in [1.82, 2.24) is 4.31 Å². The Kier molecular flexibility index (Phi) is 4.85. The number of carboxylic acid groups (broad SMARTS) is 1. The molecule has 0 radical (unpaired) electrons. The molecule has 0 saturated carbocycles. The summed E-state index contributed by atoms with van der Waals surface area (Å²) >= 11 is 0.954. The van der Waals surface area contributed by atoms with Crippen LogP contribution in [0.15, 0.2) is 11.0 Å². The van der Waals surface area contributed by atoms with Gasteiger partial charge in [0.15, 0.2) is 0 Å². The topological polar surface area (TPSA) is 83.9 Å². The lowest BCUT2D eigenvalue weighted by Gasteiger charge is -2.16. The first kappa shape index (κ1) is 15.1. The first-order valence-electron chi connectivity index (χ1n) is 5.09. The van der Waals surface area contributed by atoms with Gasteiger partial charge >= 0.3 is 5.97 Å². The maximum Gasteiger partial charge on any atom is 0.345 e. The van der Waals surface area contributed by atoms with Gasteiger partial charge in [0, 0.05) is 25.6 Å². The number of sulfonamides is 1. The lowest BCUT2D eigenvalue weighted by molar-refractivity contribution is 0.0702. The monoisotopic (exact) mass is 293 g/mol. The van der Waals surface area contributed by atoms with Crippen LogP contribution in [-0.4, -0.2) is 51.1 Å². The highest BCUT2D eigenvalue weighted by Crippen LogP contribution is 2.27. The molecule has 0 fully saturated rings. The predicted octanol–water partition coefficient (Wildman–Crippen LogP) is 1.02. The molecule has 1 rings (SSSR count). The molecule has 0 amide bonds. The number of carboxylic acids is 1. The van der Waals surface area contributed by atoms with Crippen LogP contribution < -0.4 is 0 Å². The van der Waals surface area contributed by atoms with Crippen molar-refractivity contribution in [2.24, 2.45) is 0 Å². The summed E-state index contributed by atoms with van der Waals surface area (Å²) in [4.78, 5) is 11.4. The third-order valence-electron chi connectivity index (χ3n) is 2.38. The summed E-state index contributed by atoms with van der Waals surface area (Å²) in [7, 11) is -0.733. The Labute approximate surface area is 110 Å². The van der Waals surface area contributed by atoms with E-state index in [0.29, 0.717) is 4.88 Å². The minimum absolute atomic E-state index is 0.0196. The molecule has 0 atom stereocenters. The summed E-state index contributed by atoms with van der Waals surface area (Å²) in [5.41, 5.74) is 0. The summed E-state index contributed by atoms with van der Waals surface area (Å²) < 4.78 is 30.3. The number of methoxy groups -OCH3 is 1. The van der Waals surface area contributed by atoms with E-state index in [2.05, 4.69) is 0 Å². The van der Waals surface area contributed by atoms with E-state index in [-0.39, 0.29) is 22.9 Å². The Morgan fingerprint density at radius 3 is 2.61 bits per heavy atom. The van der Waals surface area contributed by atoms with Crippen LogP contribution in [0.4, 0.5) is 0 Å². The molecule has 0 aliphatic heterocycles. The molecule has 6 nitrogen and oxygen atoms in total. The van der Waals surface area contributed by atoms with E-state index in [0.717, 1.165) is 15.6 Å². The summed E-state index contributed by atoms with van der Waals surface area (Å²) in [5, 5.41) is 8.85. The molecule has 0 bridgehead atoms. The van der Waals surface area contributed by atoms with Crippen molar-refractivity contribution in [3.05, 3.63) is 15.8 Å². The second-order valence-electron chi connectivity index (χ2n) is 3.66. The molecule has 1 aromatic rings. The number of hydrogen-bond acceptors (Lipinski definition) is 5. The molecule has 102 valence electrons. The van der Waals surface area contributed by atoms with Gasteiger partial charge < -0.3 is 9.84 Å². The minimum atomic E-state index is -3.65. The molecule has 0 spiro atoms. The van der Waals surface area contributed by atoms with Crippen molar-refractivity contribution in [2.45, 2.75) is 11.8 Å². The number of thiophene rings is 1. The Hall–Kier alpha value is -0.960. The second-order valence-corrected chi connectivity index (χ2v) is 6.93. The fraction of sp³-hybridized carbons (Fsp3) is 0.500. The van der Waals surface area contributed by atoms with Gasteiger partial charge in [0.25, 0.3) is 0 Å². The summed E-state index contributed by atoms with van der Waals surface area (Å²) in [5.74, 6) is -1.12. The molecular formula is C10H15NO5S2. The average Bonchev–Trinajstić information content (AvgIpc) is 2.68. The van der Waals surface area contributed by atoms with Crippen LogP contribution in [0.3, 0.4) is 0 Å². The largest absolute Gasteiger partial charge is 0.477 e. The number of ether oxygens (including phenoxy) is 1. The van der Waals surface area contributed by atoms with Gasteiger partial charge in [-0.05, 0) is 13.0 Å².